The van der Waals surface area contributed by atoms with Gasteiger partial charge in [0.2, 0.25) is 0 Å². The number of hydrogen-bond donors (Lipinski definition) is 4. The van der Waals surface area contributed by atoms with E-state index in [1.165, 1.54) is 0 Å². The van der Waals surface area contributed by atoms with Gasteiger partial charge in [-0.3, -0.25) is 9.59 Å². The van der Waals surface area contributed by atoms with Gasteiger partial charge in [0.15, 0.2) is 0 Å². The average Bonchev–Trinajstić information content (AvgIpc) is 2.09. The Labute approximate surface area is 67.6 Å². The van der Waals surface area contributed by atoms with Crippen LogP contribution in [0.3, 0.4) is 0 Å². The number of aromatic amines is 2. The predicted octanol–water partition coefficient (Wildman–Crippen LogP) is -2.02. The van der Waals surface area contributed by atoms with Crippen LogP contribution < -0.4 is 22.6 Å². The zero-order valence-electron chi connectivity index (χ0n) is 6.39. The molecule has 0 aromatic carbocycles. The first-order valence-corrected chi connectivity index (χ1v) is 3.43. The van der Waals surface area contributed by atoms with Crippen LogP contribution in [0.1, 0.15) is 11.4 Å². The lowest BCUT2D eigenvalue weighted by Crippen LogP contribution is -2.33. The van der Waals surface area contributed by atoms with E-state index in [9.17, 15) is 9.59 Å². The summed E-state index contributed by atoms with van der Waals surface area (Å²) in [6.07, 6.45) is 0. The first kappa shape index (κ1) is 8.69. The van der Waals surface area contributed by atoms with Crippen LogP contribution in [0.15, 0.2) is 9.59 Å². The van der Waals surface area contributed by atoms with Gasteiger partial charge in [-0.05, 0) is 0 Å². The van der Waals surface area contributed by atoms with Gasteiger partial charge in [-0.25, -0.2) is 0 Å². The Bertz CT molecular complexity index is 341. The molecule has 66 valence electrons. The molecule has 0 atom stereocenters. The van der Waals surface area contributed by atoms with Crippen LogP contribution in [0.5, 0.6) is 0 Å². The van der Waals surface area contributed by atoms with Gasteiger partial charge < -0.3 is 21.4 Å². The Morgan fingerprint density at radius 3 is 1.50 bits per heavy atom. The third kappa shape index (κ3) is 1.44. The van der Waals surface area contributed by atoms with Gasteiger partial charge >= 0.3 is 11.1 Å². The molecule has 12 heavy (non-hydrogen) atoms. The van der Waals surface area contributed by atoms with Gasteiger partial charge in [0.25, 0.3) is 0 Å². The minimum atomic E-state index is -0.701. The van der Waals surface area contributed by atoms with E-state index in [4.69, 9.17) is 11.5 Å². The number of H-pyrrole nitrogens is 2. The summed E-state index contributed by atoms with van der Waals surface area (Å²) in [7, 11) is 0. The summed E-state index contributed by atoms with van der Waals surface area (Å²) < 4.78 is 0. The topological polar surface area (TPSA) is 118 Å². The normalized spacial score (nSPS) is 10.2. The molecule has 1 aromatic rings. The van der Waals surface area contributed by atoms with Crippen LogP contribution >= 0.6 is 0 Å². The van der Waals surface area contributed by atoms with Crippen LogP contribution in [-0.2, 0) is 13.1 Å². The molecule has 0 fully saturated rings. The molecule has 0 aliphatic heterocycles. The molecule has 6 N–H and O–H groups in total. The highest BCUT2D eigenvalue weighted by Crippen LogP contribution is 1.93. The number of nitrogens with two attached hydrogens (primary N) is 2. The highest BCUT2D eigenvalue weighted by Gasteiger charge is 2.02. The third-order valence-electron chi connectivity index (χ3n) is 1.51. The third-order valence-corrected chi connectivity index (χ3v) is 1.51. The van der Waals surface area contributed by atoms with Crippen molar-refractivity contribution in [2.24, 2.45) is 11.5 Å². The highest BCUT2D eigenvalue weighted by atomic mass is 16.2. The molecular weight excluding hydrogens is 160 g/mol. The molecule has 0 amide bonds. The molecule has 1 heterocycles. The lowest BCUT2D eigenvalue weighted by atomic mass is 10.3. The van der Waals surface area contributed by atoms with Gasteiger partial charge in [0.05, 0.1) is 11.4 Å². The van der Waals surface area contributed by atoms with Crippen LogP contribution in [0, 0.1) is 0 Å². The Balaban J connectivity index is 3.39. The van der Waals surface area contributed by atoms with Crippen molar-refractivity contribution >= 4 is 0 Å². The molecule has 6 heteroatoms. The Morgan fingerprint density at radius 1 is 0.917 bits per heavy atom. The quantitative estimate of drug-likeness (QED) is 0.383. The summed E-state index contributed by atoms with van der Waals surface area (Å²) in [4.78, 5) is 26.2. The minimum absolute atomic E-state index is 0.151. The number of nitrogens with one attached hydrogen (secondary N) is 2. The molecule has 1 aromatic heterocycles. The molecule has 0 bridgehead atoms. The van der Waals surface area contributed by atoms with Gasteiger partial charge in [0.1, 0.15) is 0 Å². The van der Waals surface area contributed by atoms with E-state index >= 15 is 0 Å². The van der Waals surface area contributed by atoms with Crippen molar-refractivity contribution < 1.29 is 0 Å². The Morgan fingerprint density at radius 2 is 1.25 bits per heavy atom. The zero-order chi connectivity index (χ0) is 9.14. The molecule has 1 rings (SSSR count). The second-order valence-electron chi connectivity index (χ2n) is 2.27. The fourth-order valence-electron chi connectivity index (χ4n) is 0.887. The maximum absolute atomic E-state index is 10.8. The standard InChI is InChI=1S/C6H10N4O2/c7-1-3-4(2-8)10-6(12)5(11)9-3/h1-2,7-8H2,(H,9,11)(H,10,12). The highest BCUT2D eigenvalue weighted by molar-refractivity contribution is 5.09. The minimum Gasteiger partial charge on any atom is -0.325 e. The van der Waals surface area contributed by atoms with Crippen LogP contribution in [0.4, 0.5) is 0 Å². The summed E-state index contributed by atoms with van der Waals surface area (Å²) in [5.74, 6) is 0. The Kier molecular flexibility index (Phi) is 2.41. The molecule has 0 aliphatic carbocycles. The summed E-state index contributed by atoms with van der Waals surface area (Å²) in [5.41, 5.74) is 10.1. The number of aromatic nitrogens is 2. The number of hydrogen-bond acceptors (Lipinski definition) is 4. The van der Waals surface area contributed by atoms with Gasteiger partial charge in [-0.15, -0.1) is 0 Å². The summed E-state index contributed by atoms with van der Waals surface area (Å²) in [6, 6.07) is 0. The van der Waals surface area contributed by atoms with Crippen LogP contribution in [0.2, 0.25) is 0 Å². The average molecular weight is 170 g/mol. The van der Waals surface area contributed by atoms with E-state index in [1.807, 2.05) is 0 Å². The van der Waals surface area contributed by atoms with E-state index in [-0.39, 0.29) is 13.1 Å². The van der Waals surface area contributed by atoms with E-state index in [1.54, 1.807) is 0 Å². The van der Waals surface area contributed by atoms with Crippen molar-refractivity contribution in [2.75, 3.05) is 0 Å². The van der Waals surface area contributed by atoms with Gasteiger partial charge in [-0.1, -0.05) is 0 Å². The molecule has 0 saturated carbocycles. The zero-order valence-corrected chi connectivity index (χ0v) is 6.39. The van der Waals surface area contributed by atoms with Crippen molar-refractivity contribution in [1.29, 1.82) is 0 Å². The van der Waals surface area contributed by atoms with Crippen molar-refractivity contribution in [1.82, 2.24) is 9.97 Å². The molecule has 0 saturated heterocycles. The molecule has 0 spiro atoms. The second-order valence-corrected chi connectivity index (χ2v) is 2.27. The van der Waals surface area contributed by atoms with E-state index < -0.39 is 11.1 Å². The van der Waals surface area contributed by atoms with Gasteiger partial charge in [-0.2, -0.15) is 0 Å². The fourth-order valence-corrected chi connectivity index (χ4v) is 0.887. The molecule has 6 nitrogen and oxygen atoms in total. The van der Waals surface area contributed by atoms with Crippen LogP contribution in [-0.4, -0.2) is 9.97 Å². The second kappa shape index (κ2) is 3.33. The maximum atomic E-state index is 10.8. The largest absolute Gasteiger partial charge is 0.325 e. The van der Waals surface area contributed by atoms with E-state index in [2.05, 4.69) is 9.97 Å². The van der Waals surface area contributed by atoms with Crippen LogP contribution in [0.25, 0.3) is 0 Å². The lowest BCUT2D eigenvalue weighted by Gasteiger charge is -2.02. The SMILES string of the molecule is NCc1[nH]c(=O)c(=O)[nH]c1CN. The predicted molar refractivity (Wildman–Crippen MR) is 43.5 cm³/mol. The lowest BCUT2D eigenvalue weighted by molar-refractivity contribution is 0.840. The molecule has 0 unspecified atom stereocenters. The Hall–Kier alpha value is -1.40. The first-order chi connectivity index (χ1) is 5.69. The fraction of sp³-hybridized carbons (Fsp3) is 0.333. The van der Waals surface area contributed by atoms with Crippen molar-refractivity contribution in [2.45, 2.75) is 13.1 Å². The first-order valence-electron chi connectivity index (χ1n) is 3.43. The summed E-state index contributed by atoms with van der Waals surface area (Å²) in [6.45, 7) is 0.303. The maximum Gasteiger partial charge on any atom is 0.313 e. The van der Waals surface area contributed by atoms with E-state index in [0.29, 0.717) is 11.4 Å². The van der Waals surface area contributed by atoms with Crippen molar-refractivity contribution in [3.8, 4) is 0 Å². The molecular formula is C6H10N4O2. The smallest absolute Gasteiger partial charge is 0.313 e. The van der Waals surface area contributed by atoms with Gasteiger partial charge in [0, 0.05) is 13.1 Å². The van der Waals surface area contributed by atoms with Crippen molar-refractivity contribution in [3.05, 3.63) is 32.1 Å². The van der Waals surface area contributed by atoms with E-state index in [0.717, 1.165) is 0 Å². The molecule has 0 aliphatic rings. The number of rotatable bonds is 2. The summed E-state index contributed by atoms with van der Waals surface area (Å²) >= 11 is 0. The molecule has 0 radical (unpaired) electrons. The van der Waals surface area contributed by atoms with Crippen molar-refractivity contribution in [3.63, 3.8) is 0 Å². The monoisotopic (exact) mass is 170 g/mol. The summed E-state index contributed by atoms with van der Waals surface area (Å²) in [5, 5.41) is 0.